The molecular weight excluding hydrogens is 288 g/mol. The first-order chi connectivity index (χ1) is 11.2. The van der Waals surface area contributed by atoms with Crippen molar-refractivity contribution in [3.05, 3.63) is 71.3 Å². The third-order valence-electron chi connectivity index (χ3n) is 4.03. The Labute approximate surface area is 132 Å². The summed E-state index contributed by atoms with van der Waals surface area (Å²) in [5.41, 5.74) is 2.47. The number of carbonyl (C=O) groups is 2. The minimum absolute atomic E-state index is 0.252. The Kier molecular flexibility index (Phi) is 2.79. The molecule has 1 aliphatic heterocycles. The van der Waals surface area contributed by atoms with E-state index in [9.17, 15) is 9.59 Å². The Balaban J connectivity index is 2.16. The Morgan fingerprint density at radius 1 is 0.783 bits per heavy atom. The van der Waals surface area contributed by atoms with Gasteiger partial charge in [0.05, 0.1) is 11.1 Å². The number of carbonyl (C=O) groups excluding carboxylic acids is 2. The summed E-state index contributed by atoms with van der Waals surface area (Å²) in [6, 6.07) is 16.8. The number of terminal acetylenes is 1. The average Bonchev–Trinajstić information content (AvgIpc) is 2.88. The molecule has 3 heteroatoms. The van der Waals surface area contributed by atoms with Crippen LogP contribution >= 0.6 is 0 Å². The minimum atomic E-state index is -0.648. The number of ether oxygens (including phenoxy) is 1. The van der Waals surface area contributed by atoms with Crippen LogP contribution in [0.3, 0.4) is 0 Å². The molecule has 0 aliphatic carbocycles. The highest BCUT2D eigenvalue weighted by atomic mass is 16.6. The number of rotatable bonds is 1. The van der Waals surface area contributed by atoms with Crippen molar-refractivity contribution in [1.29, 1.82) is 0 Å². The van der Waals surface area contributed by atoms with E-state index in [-0.39, 0.29) is 11.1 Å². The van der Waals surface area contributed by atoms with Crippen molar-refractivity contribution >= 4 is 22.7 Å². The number of hydrogen-bond donors (Lipinski definition) is 0. The SMILES string of the molecule is C#Cc1ccc2c(c1-c1cccc3ccccc13)C(=O)OC2=O. The summed E-state index contributed by atoms with van der Waals surface area (Å²) in [6.07, 6.45) is 5.62. The highest BCUT2D eigenvalue weighted by molar-refractivity contribution is 6.19. The van der Waals surface area contributed by atoms with E-state index in [0.717, 1.165) is 16.3 Å². The predicted molar refractivity (Wildman–Crippen MR) is 87.1 cm³/mol. The molecule has 0 aromatic heterocycles. The quantitative estimate of drug-likeness (QED) is 0.390. The van der Waals surface area contributed by atoms with Crippen LogP contribution in [0.2, 0.25) is 0 Å². The molecule has 0 radical (unpaired) electrons. The molecule has 3 aromatic carbocycles. The van der Waals surface area contributed by atoms with Crippen molar-refractivity contribution in [2.75, 3.05) is 0 Å². The van der Waals surface area contributed by atoms with Crippen LogP contribution in [0.5, 0.6) is 0 Å². The fourth-order valence-corrected chi connectivity index (χ4v) is 3.02. The molecule has 0 N–H and O–H groups in total. The molecule has 0 spiro atoms. The predicted octanol–water partition coefficient (Wildman–Crippen LogP) is 3.80. The maximum Gasteiger partial charge on any atom is 0.347 e. The number of esters is 2. The van der Waals surface area contributed by atoms with E-state index in [1.807, 2.05) is 42.5 Å². The molecule has 1 heterocycles. The van der Waals surface area contributed by atoms with Crippen LogP contribution in [0.25, 0.3) is 21.9 Å². The van der Waals surface area contributed by atoms with E-state index in [0.29, 0.717) is 11.1 Å². The second-order valence-electron chi connectivity index (χ2n) is 5.26. The van der Waals surface area contributed by atoms with E-state index in [4.69, 9.17) is 11.2 Å². The monoisotopic (exact) mass is 298 g/mol. The Bertz CT molecular complexity index is 1030. The molecule has 108 valence electrons. The molecular formula is C20H10O3. The Morgan fingerprint density at radius 2 is 1.57 bits per heavy atom. The summed E-state index contributed by atoms with van der Waals surface area (Å²) in [5.74, 6) is 1.33. The molecule has 0 saturated heterocycles. The zero-order valence-electron chi connectivity index (χ0n) is 12.0. The summed E-state index contributed by atoms with van der Waals surface area (Å²) in [5, 5.41) is 2.00. The summed E-state index contributed by atoms with van der Waals surface area (Å²) < 4.78 is 4.76. The van der Waals surface area contributed by atoms with Gasteiger partial charge < -0.3 is 4.74 Å². The van der Waals surface area contributed by atoms with Crippen molar-refractivity contribution in [1.82, 2.24) is 0 Å². The van der Waals surface area contributed by atoms with Crippen LogP contribution in [-0.2, 0) is 4.74 Å². The Hall–Kier alpha value is -3.38. The standard InChI is InChI=1S/C20H10O3/c1-2-12-10-11-16-18(20(22)23-19(16)21)17(12)15-9-5-7-13-6-3-4-8-14(13)15/h1,3-11H. The third-order valence-corrected chi connectivity index (χ3v) is 4.03. The first-order valence-electron chi connectivity index (χ1n) is 7.09. The van der Waals surface area contributed by atoms with Crippen LogP contribution in [-0.4, -0.2) is 11.9 Å². The van der Waals surface area contributed by atoms with Crippen molar-refractivity contribution in [3.63, 3.8) is 0 Å². The summed E-state index contributed by atoms with van der Waals surface area (Å²) in [6.45, 7) is 0. The van der Waals surface area contributed by atoms with Gasteiger partial charge in [-0.3, -0.25) is 0 Å². The van der Waals surface area contributed by atoms with Gasteiger partial charge in [0, 0.05) is 11.1 Å². The van der Waals surface area contributed by atoms with Crippen LogP contribution in [0.1, 0.15) is 26.3 Å². The molecule has 3 nitrogen and oxygen atoms in total. The smallest absolute Gasteiger partial charge is 0.347 e. The van der Waals surface area contributed by atoms with Gasteiger partial charge in [-0.1, -0.05) is 48.4 Å². The second kappa shape index (κ2) is 4.82. The lowest BCUT2D eigenvalue weighted by Crippen LogP contribution is -2.00. The number of cyclic esters (lactones) is 2. The third kappa shape index (κ3) is 1.86. The highest BCUT2D eigenvalue weighted by Gasteiger charge is 2.34. The normalized spacial score (nSPS) is 12.8. The zero-order chi connectivity index (χ0) is 16.0. The van der Waals surface area contributed by atoms with Crippen LogP contribution in [0, 0.1) is 12.3 Å². The first kappa shape index (κ1) is 13.3. The molecule has 0 fully saturated rings. The summed E-state index contributed by atoms with van der Waals surface area (Å²) in [4.78, 5) is 24.0. The van der Waals surface area contributed by atoms with Crippen molar-refractivity contribution in [2.45, 2.75) is 0 Å². The molecule has 23 heavy (non-hydrogen) atoms. The van der Waals surface area contributed by atoms with Gasteiger partial charge in [-0.15, -0.1) is 6.42 Å². The summed E-state index contributed by atoms with van der Waals surface area (Å²) >= 11 is 0. The van der Waals surface area contributed by atoms with E-state index in [1.165, 1.54) is 0 Å². The molecule has 0 amide bonds. The van der Waals surface area contributed by atoms with Gasteiger partial charge in [0.2, 0.25) is 0 Å². The summed E-state index contributed by atoms with van der Waals surface area (Å²) in [7, 11) is 0. The second-order valence-corrected chi connectivity index (χ2v) is 5.26. The fraction of sp³-hybridized carbons (Fsp3) is 0. The molecule has 0 unspecified atom stereocenters. The molecule has 0 atom stereocenters. The molecule has 3 aromatic rings. The van der Waals surface area contributed by atoms with E-state index in [2.05, 4.69) is 5.92 Å². The molecule has 4 rings (SSSR count). The number of hydrogen-bond acceptors (Lipinski definition) is 3. The minimum Gasteiger partial charge on any atom is -0.386 e. The Morgan fingerprint density at radius 3 is 2.39 bits per heavy atom. The maximum absolute atomic E-state index is 12.2. The van der Waals surface area contributed by atoms with Gasteiger partial charge >= 0.3 is 11.9 Å². The maximum atomic E-state index is 12.2. The van der Waals surface area contributed by atoms with Crippen LogP contribution in [0.15, 0.2) is 54.6 Å². The van der Waals surface area contributed by atoms with Gasteiger partial charge in [-0.2, -0.15) is 0 Å². The molecule has 0 saturated carbocycles. The van der Waals surface area contributed by atoms with Crippen LogP contribution in [0.4, 0.5) is 0 Å². The zero-order valence-corrected chi connectivity index (χ0v) is 12.0. The van der Waals surface area contributed by atoms with E-state index < -0.39 is 11.9 Å². The molecule has 0 bridgehead atoms. The lowest BCUT2D eigenvalue weighted by molar-refractivity contribution is 0.0444. The van der Waals surface area contributed by atoms with E-state index >= 15 is 0 Å². The molecule has 1 aliphatic rings. The van der Waals surface area contributed by atoms with Crippen molar-refractivity contribution in [3.8, 4) is 23.5 Å². The van der Waals surface area contributed by atoms with Crippen molar-refractivity contribution in [2.24, 2.45) is 0 Å². The van der Waals surface area contributed by atoms with Crippen molar-refractivity contribution < 1.29 is 14.3 Å². The lowest BCUT2D eigenvalue weighted by atomic mass is 9.89. The van der Waals surface area contributed by atoms with Gasteiger partial charge in [-0.05, 0) is 28.5 Å². The van der Waals surface area contributed by atoms with E-state index in [1.54, 1.807) is 12.1 Å². The average molecular weight is 298 g/mol. The van der Waals surface area contributed by atoms with Gasteiger partial charge in [-0.25, -0.2) is 9.59 Å². The van der Waals surface area contributed by atoms with Gasteiger partial charge in [0.1, 0.15) is 0 Å². The first-order valence-corrected chi connectivity index (χ1v) is 7.09. The largest absolute Gasteiger partial charge is 0.386 e. The highest BCUT2D eigenvalue weighted by Crippen LogP contribution is 2.37. The fourth-order valence-electron chi connectivity index (χ4n) is 3.02. The van der Waals surface area contributed by atoms with Crippen LogP contribution < -0.4 is 0 Å². The lowest BCUT2D eigenvalue weighted by Gasteiger charge is -2.11. The van der Waals surface area contributed by atoms with Gasteiger partial charge in [0.25, 0.3) is 0 Å². The number of benzene rings is 3. The topological polar surface area (TPSA) is 43.4 Å². The number of fused-ring (bicyclic) bond motifs is 2. The van der Waals surface area contributed by atoms with Gasteiger partial charge in [0.15, 0.2) is 0 Å².